The van der Waals surface area contributed by atoms with E-state index in [-0.39, 0.29) is 22.4 Å². The number of sulfonamides is 1. The first-order chi connectivity index (χ1) is 17.3. The Kier molecular flexibility index (Phi) is 8.21. The molecular weight excluding hydrogens is 501 g/mol. The Morgan fingerprint density at radius 3 is 2.64 bits per heavy atom. The highest BCUT2D eigenvalue weighted by molar-refractivity contribution is 7.92. The molecule has 0 spiro atoms. The molecule has 2 N–H and O–H groups in total. The Labute approximate surface area is 215 Å². The van der Waals surface area contributed by atoms with Gasteiger partial charge in [-0.2, -0.15) is 0 Å². The van der Waals surface area contributed by atoms with Gasteiger partial charge < -0.3 is 10.1 Å². The van der Waals surface area contributed by atoms with Crippen molar-refractivity contribution in [2.24, 2.45) is 0 Å². The molecule has 11 heteroatoms. The largest absolute Gasteiger partial charge is 0.381 e. The Hall–Kier alpha value is -2.63. The van der Waals surface area contributed by atoms with Crippen molar-refractivity contribution in [2.45, 2.75) is 51.9 Å². The molecule has 2 aromatic heterocycles. The summed E-state index contributed by atoms with van der Waals surface area (Å²) in [5.74, 6) is -0.252. The van der Waals surface area contributed by atoms with Crippen LogP contribution in [0.5, 0.6) is 0 Å². The first kappa shape index (κ1) is 26.4. The van der Waals surface area contributed by atoms with Gasteiger partial charge in [-0.3, -0.25) is 4.72 Å². The topological polar surface area (TPSA) is 106 Å². The molecule has 1 fully saturated rings. The molecule has 0 bridgehead atoms. The maximum absolute atomic E-state index is 15.8. The number of hydrogen-bond donors (Lipinski definition) is 2. The van der Waals surface area contributed by atoms with E-state index in [0.717, 1.165) is 30.8 Å². The minimum atomic E-state index is -3.66. The van der Waals surface area contributed by atoms with Gasteiger partial charge in [0.05, 0.1) is 32.7 Å². The van der Waals surface area contributed by atoms with Gasteiger partial charge in [-0.1, -0.05) is 26.8 Å². The van der Waals surface area contributed by atoms with Crippen molar-refractivity contribution >= 4 is 33.0 Å². The van der Waals surface area contributed by atoms with Crippen molar-refractivity contribution in [3.05, 3.63) is 41.3 Å². The van der Waals surface area contributed by atoms with Gasteiger partial charge in [0.25, 0.3) is 0 Å². The van der Waals surface area contributed by atoms with Crippen LogP contribution in [0.3, 0.4) is 0 Å². The summed E-state index contributed by atoms with van der Waals surface area (Å²) in [7, 11) is -3.66. The fourth-order valence-corrected chi connectivity index (χ4v) is 6.44. The number of hydrogen-bond acceptors (Lipinski definition) is 8. The first-order valence-corrected chi connectivity index (χ1v) is 14.7. The number of anilines is 2. The maximum atomic E-state index is 15.8. The summed E-state index contributed by atoms with van der Waals surface area (Å²) in [4.78, 5) is 14.6. The van der Waals surface area contributed by atoms with Crippen LogP contribution >= 0.6 is 11.3 Å². The van der Waals surface area contributed by atoms with E-state index in [1.807, 2.05) is 0 Å². The summed E-state index contributed by atoms with van der Waals surface area (Å²) in [6.07, 6.45) is 4.65. The smallest absolute Gasteiger partial charge is 0.232 e. The monoisotopic (exact) mass is 533 g/mol. The number of halogens is 1. The SMILES string of the molecule is CCCNc1nccc(-c2sc(C3(C)CCOCC3)nc2-c2cccc(NS(=O)(=O)CCC)c2F)n1. The Bertz CT molecular complexity index is 1310. The summed E-state index contributed by atoms with van der Waals surface area (Å²) in [5.41, 5.74) is 1.00. The van der Waals surface area contributed by atoms with E-state index in [4.69, 9.17) is 9.72 Å². The second-order valence-corrected chi connectivity index (χ2v) is 12.0. The summed E-state index contributed by atoms with van der Waals surface area (Å²) in [5, 5.41) is 4.08. The fraction of sp³-hybridized carbons (Fsp3) is 0.480. The van der Waals surface area contributed by atoms with E-state index in [9.17, 15) is 8.42 Å². The highest BCUT2D eigenvalue weighted by Gasteiger charge is 2.34. The lowest BCUT2D eigenvalue weighted by Crippen LogP contribution is -2.30. The Morgan fingerprint density at radius 1 is 1.14 bits per heavy atom. The Morgan fingerprint density at radius 2 is 1.92 bits per heavy atom. The molecule has 36 heavy (non-hydrogen) atoms. The van der Waals surface area contributed by atoms with Gasteiger partial charge in [0, 0.05) is 36.9 Å². The molecule has 0 saturated carbocycles. The standard InChI is InChI=1S/C25H32FN5O3S2/c1-4-12-27-24-28-13-9-19(29-24)22-21(30-23(35-22)25(3)10-14-34-15-11-25)17-7-6-8-18(20(17)26)31-36(32,33)16-5-2/h6-9,13,31H,4-5,10-12,14-16H2,1-3H3,(H,27,28,29). The third kappa shape index (κ3) is 5.84. The van der Waals surface area contributed by atoms with Crippen LogP contribution in [0.4, 0.5) is 16.0 Å². The predicted molar refractivity (Wildman–Crippen MR) is 142 cm³/mol. The third-order valence-corrected chi connectivity index (χ3v) is 9.01. The number of nitrogens with one attached hydrogen (secondary N) is 2. The molecule has 3 aromatic rings. The molecule has 194 valence electrons. The molecular formula is C25H32FN5O3S2. The van der Waals surface area contributed by atoms with Crippen LogP contribution in [0.25, 0.3) is 21.8 Å². The molecule has 0 amide bonds. The molecule has 0 aliphatic carbocycles. The van der Waals surface area contributed by atoms with E-state index >= 15 is 4.39 Å². The average Bonchev–Trinajstić information content (AvgIpc) is 3.31. The van der Waals surface area contributed by atoms with Crippen LogP contribution in [0.15, 0.2) is 30.5 Å². The molecule has 0 radical (unpaired) electrons. The molecule has 1 saturated heterocycles. The first-order valence-electron chi connectivity index (χ1n) is 12.2. The van der Waals surface area contributed by atoms with E-state index < -0.39 is 15.8 Å². The maximum Gasteiger partial charge on any atom is 0.232 e. The number of rotatable bonds is 10. The van der Waals surface area contributed by atoms with E-state index in [2.05, 4.69) is 33.9 Å². The van der Waals surface area contributed by atoms with Crippen molar-refractivity contribution < 1.29 is 17.5 Å². The van der Waals surface area contributed by atoms with Crippen LogP contribution < -0.4 is 10.0 Å². The summed E-state index contributed by atoms with van der Waals surface area (Å²) in [6.45, 7) is 7.99. The van der Waals surface area contributed by atoms with E-state index in [0.29, 0.717) is 41.8 Å². The zero-order valence-electron chi connectivity index (χ0n) is 20.8. The van der Waals surface area contributed by atoms with Gasteiger partial charge in [-0.05, 0) is 43.9 Å². The van der Waals surface area contributed by atoms with Gasteiger partial charge >= 0.3 is 0 Å². The van der Waals surface area contributed by atoms with Gasteiger partial charge in [-0.15, -0.1) is 11.3 Å². The minimum absolute atomic E-state index is 0.0857. The molecule has 1 aliphatic heterocycles. The predicted octanol–water partition coefficient (Wildman–Crippen LogP) is 5.45. The van der Waals surface area contributed by atoms with Crippen LogP contribution in [0.1, 0.15) is 51.5 Å². The second-order valence-electron chi connectivity index (χ2n) is 9.15. The summed E-state index contributed by atoms with van der Waals surface area (Å²) >= 11 is 1.49. The van der Waals surface area contributed by atoms with E-state index in [1.165, 1.54) is 17.4 Å². The van der Waals surface area contributed by atoms with Crippen LogP contribution in [-0.2, 0) is 20.2 Å². The van der Waals surface area contributed by atoms with E-state index in [1.54, 1.807) is 31.3 Å². The van der Waals surface area contributed by atoms with Crippen molar-refractivity contribution in [2.75, 3.05) is 35.6 Å². The minimum Gasteiger partial charge on any atom is -0.381 e. The fourth-order valence-electron chi connectivity index (χ4n) is 4.06. The van der Waals surface area contributed by atoms with Crippen LogP contribution in [-0.4, -0.2) is 48.9 Å². The van der Waals surface area contributed by atoms with Crippen molar-refractivity contribution in [1.29, 1.82) is 0 Å². The average molecular weight is 534 g/mol. The summed E-state index contributed by atoms with van der Waals surface area (Å²) < 4.78 is 48.4. The molecule has 3 heterocycles. The summed E-state index contributed by atoms with van der Waals surface area (Å²) in [6, 6.07) is 6.47. The Balaban J connectivity index is 1.83. The molecule has 1 aliphatic rings. The van der Waals surface area contributed by atoms with Crippen molar-refractivity contribution in [3.8, 4) is 21.8 Å². The third-order valence-electron chi connectivity index (χ3n) is 6.15. The van der Waals surface area contributed by atoms with Gasteiger partial charge in [-0.25, -0.2) is 27.8 Å². The molecule has 1 aromatic carbocycles. The molecule has 4 rings (SSSR count). The normalized spacial score (nSPS) is 15.6. The second kappa shape index (κ2) is 11.2. The highest BCUT2D eigenvalue weighted by Crippen LogP contribution is 2.44. The number of ether oxygens (including phenoxy) is 1. The quantitative estimate of drug-likeness (QED) is 0.357. The highest BCUT2D eigenvalue weighted by atomic mass is 32.2. The lowest BCUT2D eigenvalue weighted by atomic mass is 9.83. The van der Waals surface area contributed by atoms with Gasteiger partial charge in [0.1, 0.15) is 0 Å². The molecule has 0 unspecified atom stereocenters. The van der Waals surface area contributed by atoms with Crippen molar-refractivity contribution in [1.82, 2.24) is 15.0 Å². The number of nitrogens with zero attached hydrogens (tertiary/aromatic N) is 3. The van der Waals surface area contributed by atoms with Crippen molar-refractivity contribution in [3.63, 3.8) is 0 Å². The number of aromatic nitrogens is 3. The molecule has 8 nitrogen and oxygen atoms in total. The van der Waals surface area contributed by atoms with Gasteiger partial charge in [0.2, 0.25) is 16.0 Å². The van der Waals surface area contributed by atoms with Gasteiger partial charge in [0.15, 0.2) is 5.82 Å². The lowest BCUT2D eigenvalue weighted by Gasteiger charge is -2.31. The lowest BCUT2D eigenvalue weighted by molar-refractivity contribution is 0.0564. The number of thiazole rings is 1. The molecule has 0 atom stereocenters. The van der Waals surface area contributed by atoms with Crippen LogP contribution in [0.2, 0.25) is 0 Å². The zero-order valence-corrected chi connectivity index (χ0v) is 22.4. The zero-order chi connectivity index (χ0) is 25.8. The number of benzene rings is 1. The van der Waals surface area contributed by atoms with Crippen LogP contribution in [0, 0.1) is 5.82 Å².